The Labute approximate surface area is 133 Å². The molecule has 0 saturated carbocycles. The Morgan fingerprint density at radius 3 is 2.48 bits per heavy atom. The number of anilines is 1. The molecule has 0 radical (unpaired) electrons. The van der Waals surface area contributed by atoms with E-state index in [-0.39, 0.29) is 18.3 Å². The van der Waals surface area contributed by atoms with Crippen LogP contribution < -0.4 is 9.62 Å². The maximum Gasteiger partial charge on any atom is 0.363 e. The van der Waals surface area contributed by atoms with Crippen molar-refractivity contribution in [3.05, 3.63) is 28.4 Å². The van der Waals surface area contributed by atoms with Crippen molar-refractivity contribution in [2.75, 3.05) is 43.9 Å². The van der Waals surface area contributed by atoms with Gasteiger partial charge in [-0.3, -0.25) is 4.79 Å². The second kappa shape index (κ2) is 6.87. The number of amides is 1. The number of sulfonamides is 1. The fraction of sp³-hybridized carbons (Fsp3) is 0.500. The molecule has 0 unspecified atom stereocenters. The van der Waals surface area contributed by atoms with E-state index in [2.05, 4.69) is 9.71 Å². The first-order valence-electron chi connectivity index (χ1n) is 6.84. The van der Waals surface area contributed by atoms with Gasteiger partial charge in [0.1, 0.15) is 0 Å². The molecule has 126 valence electrons. The summed E-state index contributed by atoms with van der Waals surface area (Å²) >= 11 is 0. The number of nitro groups is 1. The summed E-state index contributed by atoms with van der Waals surface area (Å²) in [4.78, 5) is 29.2. The molecule has 10 nitrogen and oxygen atoms in total. The van der Waals surface area contributed by atoms with E-state index in [1.165, 1.54) is 12.3 Å². The lowest BCUT2D eigenvalue weighted by atomic mass is 10.2. The molecule has 0 spiro atoms. The Morgan fingerprint density at radius 2 is 2.00 bits per heavy atom. The maximum atomic E-state index is 11.9. The van der Waals surface area contributed by atoms with Crippen LogP contribution in [0.2, 0.25) is 0 Å². The largest absolute Gasteiger partial charge is 0.365 e. The molecule has 1 amide bonds. The standard InChI is InChI=1S/C12H17N5O5S/c1-23(21,22)14-9-12(18)16-6-4-15(5-7-16)10-2-3-11(13-8-10)17(19)20/h2-3,8,14H,4-7,9H2,1H3. The minimum absolute atomic E-state index is 0.214. The van der Waals surface area contributed by atoms with Crippen LogP contribution in [-0.2, 0) is 14.8 Å². The molecule has 1 N–H and O–H groups in total. The Morgan fingerprint density at radius 1 is 1.35 bits per heavy atom. The van der Waals surface area contributed by atoms with Crippen LogP contribution in [0.25, 0.3) is 0 Å². The summed E-state index contributed by atoms with van der Waals surface area (Å²) in [6, 6.07) is 2.96. The van der Waals surface area contributed by atoms with Crippen molar-refractivity contribution in [3.63, 3.8) is 0 Å². The van der Waals surface area contributed by atoms with Crippen LogP contribution in [0.1, 0.15) is 0 Å². The molecular weight excluding hydrogens is 326 g/mol. The third-order valence-corrected chi connectivity index (χ3v) is 4.07. The summed E-state index contributed by atoms with van der Waals surface area (Å²) in [5, 5.41) is 10.6. The highest BCUT2D eigenvalue weighted by Gasteiger charge is 2.22. The fourth-order valence-corrected chi connectivity index (χ4v) is 2.58. The van der Waals surface area contributed by atoms with Gasteiger partial charge in [-0.15, -0.1) is 0 Å². The van der Waals surface area contributed by atoms with Crippen LogP contribution in [0.5, 0.6) is 0 Å². The van der Waals surface area contributed by atoms with Gasteiger partial charge in [-0.2, -0.15) is 0 Å². The van der Waals surface area contributed by atoms with Gasteiger partial charge in [0, 0.05) is 32.2 Å². The lowest BCUT2D eigenvalue weighted by Gasteiger charge is -2.35. The van der Waals surface area contributed by atoms with Crippen molar-refractivity contribution in [2.24, 2.45) is 0 Å². The summed E-state index contributed by atoms with van der Waals surface area (Å²) in [5.74, 6) is -0.494. The van der Waals surface area contributed by atoms with Gasteiger partial charge in [0.05, 0.1) is 18.5 Å². The zero-order valence-corrected chi connectivity index (χ0v) is 13.3. The van der Waals surface area contributed by atoms with E-state index in [4.69, 9.17) is 0 Å². The minimum atomic E-state index is -3.39. The van der Waals surface area contributed by atoms with Gasteiger partial charge in [0.25, 0.3) is 0 Å². The second-order valence-electron chi connectivity index (χ2n) is 5.09. The smallest absolute Gasteiger partial charge is 0.363 e. The third kappa shape index (κ3) is 4.86. The Balaban J connectivity index is 1.88. The molecule has 1 aliphatic heterocycles. The van der Waals surface area contributed by atoms with Gasteiger partial charge < -0.3 is 19.9 Å². The number of nitrogens with one attached hydrogen (secondary N) is 1. The number of nitrogens with zero attached hydrogens (tertiary/aromatic N) is 4. The number of pyridine rings is 1. The quantitative estimate of drug-likeness (QED) is 0.547. The van der Waals surface area contributed by atoms with Crippen molar-refractivity contribution in [1.29, 1.82) is 0 Å². The van der Waals surface area contributed by atoms with Gasteiger partial charge in [0.15, 0.2) is 6.20 Å². The molecule has 1 fully saturated rings. The van der Waals surface area contributed by atoms with Crippen LogP contribution in [0.4, 0.5) is 11.5 Å². The molecule has 0 atom stereocenters. The predicted octanol–water partition coefficient (Wildman–Crippen LogP) is -0.812. The zero-order valence-electron chi connectivity index (χ0n) is 12.5. The molecule has 23 heavy (non-hydrogen) atoms. The van der Waals surface area contributed by atoms with Crippen LogP contribution in [-0.4, -0.2) is 68.1 Å². The first kappa shape index (κ1) is 17.1. The van der Waals surface area contributed by atoms with E-state index < -0.39 is 14.9 Å². The highest BCUT2D eigenvalue weighted by Crippen LogP contribution is 2.18. The van der Waals surface area contributed by atoms with E-state index in [0.29, 0.717) is 26.2 Å². The molecule has 1 aromatic rings. The molecule has 0 aliphatic carbocycles. The minimum Gasteiger partial charge on any atom is -0.365 e. The average Bonchev–Trinajstić information content (AvgIpc) is 2.52. The summed E-state index contributed by atoms with van der Waals surface area (Å²) in [6.07, 6.45) is 2.43. The van der Waals surface area contributed by atoms with Crippen LogP contribution in [0.3, 0.4) is 0 Å². The summed E-state index contributed by atoms with van der Waals surface area (Å²) in [5.41, 5.74) is 0.747. The summed E-state index contributed by atoms with van der Waals surface area (Å²) < 4.78 is 24.1. The number of rotatable bonds is 5. The topological polar surface area (TPSA) is 126 Å². The van der Waals surface area contributed by atoms with Crippen molar-refractivity contribution in [3.8, 4) is 0 Å². The molecule has 1 aromatic heterocycles. The highest BCUT2D eigenvalue weighted by molar-refractivity contribution is 7.88. The number of carbonyl (C=O) groups is 1. The van der Waals surface area contributed by atoms with Crippen LogP contribution in [0.15, 0.2) is 18.3 Å². The number of hydrogen-bond donors (Lipinski definition) is 1. The number of piperazine rings is 1. The monoisotopic (exact) mass is 343 g/mol. The van der Waals surface area contributed by atoms with Crippen molar-refractivity contribution in [1.82, 2.24) is 14.6 Å². The van der Waals surface area contributed by atoms with E-state index >= 15 is 0 Å². The third-order valence-electron chi connectivity index (χ3n) is 3.40. The van der Waals surface area contributed by atoms with E-state index in [1.807, 2.05) is 4.90 Å². The second-order valence-corrected chi connectivity index (χ2v) is 6.93. The van der Waals surface area contributed by atoms with Crippen LogP contribution in [0, 0.1) is 10.1 Å². The van der Waals surface area contributed by atoms with Gasteiger partial charge >= 0.3 is 5.82 Å². The van der Waals surface area contributed by atoms with Gasteiger partial charge in [-0.05, 0) is 16.0 Å². The molecule has 1 aliphatic rings. The Hall–Kier alpha value is -2.27. The summed E-state index contributed by atoms with van der Waals surface area (Å²) in [7, 11) is -3.39. The molecule has 11 heteroatoms. The predicted molar refractivity (Wildman–Crippen MR) is 82.5 cm³/mol. The number of aromatic nitrogens is 1. The first-order valence-corrected chi connectivity index (χ1v) is 8.73. The molecule has 2 rings (SSSR count). The van der Waals surface area contributed by atoms with Crippen molar-refractivity contribution >= 4 is 27.4 Å². The Bertz CT molecular complexity index is 682. The molecule has 2 heterocycles. The van der Waals surface area contributed by atoms with Gasteiger partial charge in [-0.25, -0.2) is 13.1 Å². The van der Waals surface area contributed by atoms with E-state index in [0.717, 1.165) is 11.9 Å². The van der Waals surface area contributed by atoms with E-state index in [9.17, 15) is 23.3 Å². The van der Waals surface area contributed by atoms with Crippen molar-refractivity contribution < 1.29 is 18.1 Å². The zero-order chi connectivity index (χ0) is 17.0. The lowest BCUT2D eigenvalue weighted by molar-refractivity contribution is -0.389. The molecular formula is C12H17N5O5S. The SMILES string of the molecule is CS(=O)(=O)NCC(=O)N1CCN(c2ccc([N+](=O)[O-])nc2)CC1. The maximum absolute atomic E-state index is 11.9. The molecule has 0 aromatic carbocycles. The normalized spacial score (nSPS) is 15.5. The van der Waals surface area contributed by atoms with Crippen molar-refractivity contribution in [2.45, 2.75) is 0 Å². The van der Waals surface area contributed by atoms with E-state index in [1.54, 1.807) is 11.0 Å². The van der Waals surface area contributed by atoms with Crippen LogP contribution >= 0.6 is 0 Å². The summed E-state index contributed by atoms with van der Waals surface area (Å²) in [6.45, 7) is 1.73. The first-order chi connectivity index (χ1) is 10.8. The van der Waals surface area contributed by atoms with Gasteiger partial charge in [0.2, 0.25) is 15.9 Å². The number of hydrogen-bond acceptors (Lipinski definition) is 7. The fourth-order valence-electron chi connectivity index (χ4n) is 2.19. The molecule has 1 saturated heterocycles. The Kier molecular flexibility index (Phi) is 5.11. The number of carbonyl (C=O) groups excluding carboxylic acids is 1. The lowest BCUT2D eigenvalue weighted by Crippen LogP contribution is -2.51. The average molecular weight is 343 g/mol. The highest BCUT2D eigenvalue weighted by atomic mass is 32.2. The van der Waals surface area contributed by atoms with Gasteiger partial charge in [-0.1, -0.05) is 0 Å². The molecule has 0 bridgehead atoms.